The molecule has 4 nitrogen and oxygen atoms in total. The number of hydrogen-bond donors (Lipinski definition) is 0. The molecular weight excluding hydrogens is 693 g/mol. The molecular formula is C53H38N4. The number of aromatic nitrogens is 4. The van der Waals surface area contributed by atoms with Crippen molar-refractivity contribution in [3.63, 3.8) is 0 Å². The molecule has 0 aliphatic heterocycles. The molecule has 1 aliphatic rings. The van der Waals surface area contributed by atoms with Gasteiger partial charge in [-0.15, -0.1) is 0 Å². The van der Waals surface area contributed by atoms with Gasteiger partial charge in [0.15, 0.2) is 5.82 Å². The van der Waals surface area contributed by atoms with E-state index in [9.17, 15) is 0 Å². The minimum absolute atomic E-state index is 0.480. The molecule has 0 amide bonds. The summed E-state index contributed by atoms with van der Waals surface area (Å²) in [6, 6.07) is 65.0. The predicted molar refractivity (Wildman–Crippen MR) is 237 cm³/mol. The van der Waals surface area contributed by atoms with Crippen molar-refractivity contribution in [1.82, 2.24) is 19.1 Å². The Hall–Kier alpha value is -7.30. The van der Waals surface area contributed by atoms with Crippen LogP contribution in [0.3, 0.4) is 0 Å². The van der Waals surface area contributed by atoms with E-state index in [-0.39, 0.29) is 0 Å². The van der Waals surface area contributed by atoms with Crippen LogP contribution in [0.2, 0.25) is 0 Å². The summed E-state index contributed by atoms with van der Waals surface area (Å²) in [7, 11) is 0. The van der Waals surface area contributed by atoms with Gasteiger partial charge in [-0.25, -0.2) is 9.97 Å². The van der Waals surface area contributed by atoms with Crippen molar-refractivity contribution in [3.05, 3.63) is 199 Å². The summed E-state index contributed by atoms with van der Waals surface area (Å²) in [6.45, 7) is 2.30. The number of para-hydroxylation sites is 3. The molecule has 1 atom stereocenters. The highest BCUT2D eigenvalue weighted by molar-refractivity contribution is 6.09. The first-order valence-corrected chi connectivity index (χ1v) is 19.7. The Balaban J connectivity index is 1.18. The Kier molecular flexibility index (Phi) is 7.82. The summed E-state index contributed by atoms with van der Waals surface area (Å²) in [6.07, 6.45) is 5.69. The summed E-state index contributed by atoms with van der Waals surface area (Å²) >= 11 is 0. The Morgan fingerprint density at radius 1 is 0.439 bits per heavy atom. The molecule has 0 spiro atoms. The molecule has 57 heavy (non-hydrogen) atoms. The topological polar surface area (TPSA) is 35.6 Å². The first-order chi connectivity index (χ1) is 28.2. The first-order valence-electron chi connectivity index (χ1n) is 19.7. The maximum absolute atomic E-state index is 5.35. The molecule has 10 aromatic rings. The Labute approximate surface area is 331 Å². The van der Waals surface area contributed by atoms with Crippen LogP contribution < -0.4 is 0 Å². The maximum atomic E-state index is 5.35. The third kappa shape index (κ3) is 5.68. The normalized spacial score (nSPS) is 13.7. The molecule has 3 aromatic heterocycles. The predicted octanol–water partition coefficient (Wildman–Crippen LogP) is 13.4. The SMILES string of the molecule is CC1C=Cc2c(c3ccccc3n2-c2cc(-c3cc(-c4ccc(-c5ccccc5)cc4)nc(-c4ccccc4)n3)cc(-n3c4ccccc4c4ccccc43)c2)C1. The second-order valence-corrected chi connectivity index (χ2v) is 15.1. The monoisotopic (exact) mass is 730 g/mol. The molecule has 0 saturated carbocycles. The highest BCUT2D eigenvalue weighted by Crippen LogP contribution is 2.40. The lowest BCUT2D eigenvalue weighted by atomic mass is 9.93. The average Bonchev–Trinajstić information content (AvgIpc) is 3.79. The molecule has 1 aliphatic carbocycles. The van der Waals surface area contributed by atoms with E-state index in [2.05, 4.69) is 204 Å². The third-order valence-corrected chi connectivity index (χ3v) is 11.5. The van der Waals surface area contributed by atoms with Crippen molar-refractivity contribution in [3.8, 4) is 56.4 Å². The van der Waals surface area contributed by atoms with Gasteiger partial charge in [0.05, 0.1) is 27.9 Å². The van der Waals surface area contributed by atoms with Crippen LogP contribution in [0.25, 0.3) is 95.2 Å². The molecule has 0 saturated heterocycles. The molecule has 0 bridgehead atoms. The van der Waals surface area contributed by atoms with E-state index in [1.807, 2.05) is 6.07 Å². The smallest absolute Gasteiger partial charge is 0.160 e. The largest absolute Gasteiger partial charge is 0.309 e. The van der Waals surface area contributed by atoms with Crippen molar-refractivity contribution in [2.75, 3.05) is 0 Å². The van der Waals surface area contributed by atoms with E-state index >= 15 is 0 Å². The fraction of sp³-hybridized carbons (Fsp3) is 0.0566. The quantitative estimate of drug-likeness (QED) is 0.171. The number of benzene rings is 7. The first kappa shape index (κ1) is 33.1. The summed E-state index contributed by atoms with van der Waals surface area (Å²) in [5.41, 5.74) is 15.5. The minimum Gasteiger partial charge on any atom is -0.309 e. The summed E-state index contributed by atoms with van der Waals surface area (Å²) < 4.78 is 4.87. The molecule has 270 valence electrons. The van der Waals surface area contributed by atoms with Gasteiger partial charge in [-0.3, -0.25) is 0 Å². The fourth-order valence-electron chi connectivity index (χ4n) is 8.77. The van der Waals surface area contributed by atoms with Crippen LogP contribution in [-0.4, -0.2) is 19.1 Å². The van der Waals surface area contributed by atoms with Gasteiger partial charge in [0.2, 0.25) is 0 Å². The number of nitrogens with zero attached hydrogens (tertiary/aromatic N) is 4. The molecule has 1 unspecified atom stereocenters. The van der Waals surface area contributed by atoms with Crippen LogP contribution in [0, 0.1) is 5.92 Å². The van der Waals surface area contributed by atoms with E-state index < -0.39 is 0 Å². The zero-order chi connectivity index (χ0) is 37.9. The maximum Gasteiger partial charge on any atom is 0.160 e. The van der Waals surface area contributed by atoms with Crippen molar-refractivity contribution in [2.24, 2.45) is 5.92 Å². The van der Waals surface area contributed by atoms with Gasteiger partial charge in [-0.05, 0) is 77.6 Å². The number of hydrogen-bond acceptors (Lipinski definition) is 2. The number of allylic oxidation sites excluding steroid dienone is 1. The summed E-state index contributed by atoms with van der Waals surface area (Å²) in [5.74, 6) is 1.17. The molecule has 4 heteroatoms. The highest BCUT2D eigenvalue weighted by Gasteiger charge is 2.23. The standard InChI is InChI=1S/C53H38N4/c1-35-24-29-52-46(30-35)45-20-10-13-23-51(45)57(52)42-32-40(31-41(33-42)56-49-21-11-8-18-43(49)44-19-9-12-22-50(44)56)48-34-47(54-53(55-48)39-16-6-3-7-17-39)38-27-25-37(26-28-38)36-14-4-2-5-15-36/h2-29,31-35H,30H2,1H3. The average molecular weight is 731 g/mol. The molecule has 7 aromatic carbocycles. The van der Waals surface area contributed by atoms with Crippen LogP contribution >= 0.6 is 0 Å². The molecule has 0 fully saturated rings. The Bertz CT molecular complexity index is 3100. The lowest BCUT2D eigenvalue weighted by Crippen LogP contribution is -2.06. The van der Waals surface area contributed by atoms with Crippen LogP contribution in [0.15, 0.2) is 188 Å². The lowest BCUT2D eigenvalue weighted by Gasteiger charge is -2.18. The molecule has 3 heterocycles. The van der Waals surface area contributed by atoms with Crippen LogP contribution in [-0.2, 0) is 6.42 Å². The number of rotatable bonds is 6. The van der Waals surface area contributed by atoms with Gasteiger partial charge in [-0.1, -0.05) is 153 Å². The van der Waals surface area contributed by atoms with Crippen LogP contribution in [0.5, 0.6) is 0 Å². The minimum atomic E-state index is 0.480. The Morgan fingerprint density at radius 2 is 0.930 bits per heavy atom. The second kappa shape index (κ2) is 13.5. The van der Waals surface area contributed by atoms with Crippen molar-refractivity contribution in [2.45, 2.75) is 13.3 Å². The van der Waals surface area contributed by atoms with Crippen LogP contribution in [0.1, 0.15) is 18.2 Å². The molecule has 0 N–H and O–H groups in total. The van der Waals surface area contributed by atoms with E-state index in [0.29, 0.717) is 11.7 Å². The zero-order valence-corrected chi connectivity index (χ0v) is 31.5. The van der Waals surface area contributed by atoms with E-state index in [4.69, 9.17) is 9.97 Å². The van der Waals surface area contributed by atoms with Gasteiger partial charge >= 0.3 is 0 Å². The van der Waals surface area contributed by atoms with Gasteiger partial charge < -0.3 is 9.13 Å². The zero-order valence-electron chi connectivity index (χ0n) is 31.5. The Morgan fingerprint density at radius 3 is 1.58 bits per heavy atom. The van der Waals surface area contributed by atoms with Crippen molar-refractivity contribution in [1.29, 1.82) is 0 Å². The van der Waals surface area contributed by atoms with E-state index in [0.717, 1.165) is 45.9 Å². The lowest BCUT2D eigenvalue weighted by molar-refractivity contribution is 0.718. The summed E-state index contributed by atoms with van der Waals surface area (Å²) in [5, 5.41) is 3.77. The van der Waals surface area contributed by atoms with Crippen LogP contribution in [0.4, 0.5) is 0 Å². The van der Waals surface area contributed by atoms with Gasteiger partial charge in [0.1, 0.15) is 0 Å². The third-order valence-electron chi connectivity index (χ3n) is 11.5. The van der Waals surface area contributed by atoms with E-state index in [1.165, 1.54) is 55.1 Å². The molecule has 11 rings (SSSR count). The van der Waals surface area contributed by atoms with Crippen molar-refractivity contribution < 1.29 is 0 Å². The fourth-order valence-corrected chi connectivity index (χ4v) is 8.77. The van der Waals surface area contributed by atoms with Gasteiger partial charge in [0.25, 0.3) is 0 Å². The molecule has 0 radical (unpaired) electrons. The van der Waals surface area contributed by atoms with E-state index in [1.54, 1.807) is 0 Å². The number of fused-ring (bicyclic) bond motifs is 6. The van der Waals surface area contributed by atoms with Crippen molar-refractivity contribution >= 4 is 38.8 Å². The van der Waals surface area contributed by atoms with Gasteiger partial charge in [-0.2, -0.15) is 0 Å². The van der Waals surface area contributed by atoms with Gasteiger partial charge in [0, 0.05) is 49.9 Å². The second-order valence-electron chi connectivity index (χ2n) is 15.1. The highest BCUT2D eigenvalue weighted by atomic mass is 15.0. The summed E-state index contributed by atoms with van der Waals surface area (Å²) in [4.78, 5) is 10.6.